The Balaban J connectivity index is 0.000000449. The molecule has 0 amide bonds. The van der Waals surface area contributed by atoms with E-state index in [0.717, 1.165) is 0 Å². The molecule has 0 saturated heterocycles. The quantitative estimate of drug-likeness (QED) is 0.187. The van der Waals surface area contributed by atoms with Crippen molar-refractivity contribution in [1.29, 1.82) is 0 Å². The van der Waals surface area contributed by atoms with Gasteiger partial charge in [-0.1, -0.05) is 51.0 Å². The number of rotatable bonds is 0. The standard InChI is InChI=1S/2C12H13.2CH3.Si.Zr/c2*1-8-6-11-9(2)4-5-10(3)12(11)7-8;;;;/h2*4-7H,1-3H3;2*1H3;;/q4*-1;;. The van der Waals surface area contributed by atoms with E-state index in [1.165, 1.54) is 78.3 Å². The summed E-state index contributed by atoms with van der Waals surface area (Å²) in [5.41, 5.74) is 8.24. The zero-order valence-electron chi connectivity index (χ0n) is 18.6. The molecule has 0 aliphatic carbocycles. The number of hydrogen-bond acceptors (Lipinski definition) is 0. The number of hydrogen-bond donors (Lipinski definition) is 0. The van der Waals surface area contributed by atoms with Gasteiger partial charge in [-0.25, -0.2) is 0 Å². The van der Waals surface area contributed by atoms with E-state index in [-0.39, 0.29) is 14.9 Å². The van der Waals surface area contributed by atoms with Crippen molar-refractivity contribution in [2.75, 3.05) is 0 Å². The average molecular weight is 464 g/mol. The molecule has 0 aliphatic rings. The van der Waals surface area contributed by atoms with Gasteiger partial charge >= 0.3 is 30.2 Å². The second-order valence-electron chi connectivity index (χ2n) is 7.12. The molecule has 28 heavy (non-hydrogen) atoms. The first-order valence-electron chi connectivity index (χ1n) is 8.88. The Morgan fingerprint density at radius 1 is 0.571 bits per heavy atom. The van der Waals surface area contributed by atoms with Gasteiger partial charge in [-0.05, 0) is 13.8 Å². The summed E-state index contributed by atoms with van der Waals surface area (Å²) in [6, 6.07) is 17.8. The van der Waals surface area contributed by atoms with Crippen molar-refractivity contribution >= 4 is 28.4 Å². The van der Waals surface area contributed by atoms with E-state index in [1.807, 2.05) is 0 Å². The van der Waals surface area contributed by atoms with Crippen molar-refractivity contribution in [2.24, 2.45) is 0 Å². The first-order chi connectivity index (χ1) is 12.4. The van der Waals surface area contributed by atoms with Crippen LogP contribution in [0.3, 0.4) is 0 Å². The minimum atomic E-state index is 0. The first-order valence-corrected chi connectivity index (χ1v) is 13.1. The fourth-order valence-electron chi connectivity index (χ4n) is 3.47. The molecule has 0 spiro atoms. The fraction of sp³-hybridized carbons (Fsp3) is 0.231. The second kappa shape index (κ2) is 11.7. The molecule has 2 heteroatoms. The van der Waals surface area contributed by atoms with Crippen molar-refractivity contribution in [3.63, 3.8) is 0 Å². The number of fused-ring (bicyclic) bond motifs is 2. The minimum absolute atomic E-state index is 0. The molecule has 0 N–H and O–H groups in total. The molecule has 0 nitrogen and oxygen atoms in total. The van der Waals surface area contributed by atoms with Crippen LogP contribution < -0.4 is 0 Å². The first kappa shape index (κ1) is 26.8. The van der Waals surface area contributed by atoms with E-state index in [9.17, 15) is 0 Å². The van der Waals surface area contributed by atoms with Crippen LogP contribution in [0.5, 0.6) is 0 Å². The summed E-state index contributed by atoms with van der Waals surface area (Å²) in [6.45, 7) is 16.0. The third-order valence-electron chi connectivity index (χ3n) is 4.93. The van der Waals surface area contributed by atoms with Crippen LogP contribution in [0.1, 0.15) is 33.4 Å². The van der Waals surface area contributed by atoms with Gasteiger partial charge in [0, 0.05) is 0 Å². The molecule has 148 valence electrons. The molecule has 0 aromatic heterocycles. The molecule has 0 saturated carbocycles. The van der Waals surface area contributed by atoms with E-state index >= 15 is 0 Å². The van der Waals surface area contributed by atoms with Gasteiger partial charge in [-0.15, -0.1) is 68.1 Å². The van der Waals surface area contributed by atoms with Crippen LogP contribution in [0.25, 0.3) is 21.5 Å². The monoisotopic (exact) mass is 462 g/mol. The van der Waals surface area contributed by atoms with Crippen molar-refractivity contribution in [3.8, 4) is 0 Å². The Kier molecular flexibility index (Phi) is 11.2. The van der Waals surface area contributed by atoms with Crippen LogP contribution in [0.4, 0.5) is 0 Å². The molecular weight excluding hydrogens is 432 g/mol. The summed E-state index contributed by atoms with van der Waals surface area (Å²) in [5.74, 6) is 0. The van der Waals surface area contributed by atoms with E-state index in [4.69, 9.17) is 0 Å². The van der Waals surface area contributed by atoms with E-state index in [2.05, 4.69) is 97.0 Å². The molecule has 4 aromatic rings. The van der Waals surface area contributed by atoms with Crippen molar-refractivity contribution in [3.05, 3.63) is 96.8 Å². The molecule has 0 unspecified atom stereocenters. The van der Waals surface area contributed by atoms with Crippen LogP contribution in [0.15, 0.2) is 48.5 Å². The number of benzene rings is 2. The maximum absolute atomic E-state index is 3.06. The molecule has 4 aromatic carbocycles. The van der Waals surface area contributed by atoms with E-state index in [0.29, 0.717) is 0 Å². The van der Waals surface area contributed by atoms with Crippen molar-refractivity contribution in [2.45, 2.75) is 41.5 Å². The Labute approximate surface area is 189 Å². The Bertz CT molecular complexity index is 872. The summed E-state index contributed by atoms with van der Waals surface area (Å²) in [5, 5.41) is 5.64. The molecule has 4 rings (SSSR count). The van der Waals surface area contributed by atoms with Crippen molar-refractivity contribution in [1.82, 2.24) is 0 Å². The predicted octanol–water partition coefficient (Wildman–Crippen LogP) is 7.49. The summed E-state index contributed by atoms with van der Waals surface area (Å²) in [4.78, 5) is 0. The maximum atomic E-state index is 3.06. The normalized spacial score (nSPS) is 9.46. The van der Waals surface area contributed by atoms with Gasteiger partial charge in [-0.3, -0.25) is 0 Å². The Hall–Kier alpha value is -1.24. The van der Waals surface area contributed by atoms with Crippen LogP contribution >= 0.6 is 0 Å². The zero-order chi connectivity index (χ0) is 19.4. The van der Waals surface area contributed by atoms with Gasteiger partial charge in [0.2, 0.25) is 0 Å². The number of aryl methyl sites for hydroxylation is 6. The van der Waals surface area contributed by atoms with Crippen LogP contribution in [-0.2, 0) is 23.3 Å². The average Bonchev–Trinajstić information content (AvgIpc) is 3.21. The summed E-state index contributed by atoms with van der Waals surface area (Å²) < 4.78 is 0. The van der Waals surface area contributed by atoms with Gasteiger partial charge < -0.3 is 14.9 Å². The topological polar surface area (TPSA) is 0 Å². The molecule has 0 fully saturated rings. The summed E-state index contributed by atoms with van der Waals surface area (Å²) in [7, 11) is 0. The molecule has 0 aliphatic heterocycles. The fourth-order valence-corrected chi connectivity index (χ4v) is 3.47. The van der Waals surface area contributed by atoms with E-state index < -0.39 is 0 Å². The van der Waals surface area contributed by atoms with Gasteiger partial charge in [0.1, 0.15) is 0 Å². The molecule has 0 atom stereocenters. The molecular formula is C26H32SiZr-4. The van der Waals surface area contributed by atoms with Crippen LogP contribution in [-0.4, -0.2) is 6.88 Å². The third kappa shape index (κ3) is 5.88. The van der Waals surface area contributed by atoms with Gasteiger partial charge in [0.25, 0.3) is 0 Å². The van der Waals surface area contributed by atoms with Crippen LogP contribution in [0.2, 0.25) is 0 Å². The second-order valence-corrected chi connectivity index (χ2v) is 7.12. The van der Waals surface area contributed by atoms with E-state index in [1.54, 1.807) is 0 Å². The molecule has 0 bridgehead atoms. The van der Waals surface area contributed by atoms with Crippen molar-refractivity contribution < 1.29 is 23.3 Å². The predicted molar refractivity (Wildman–Crippen MR) is 126 cm³/mol. The van der Waals surface area contributed by atoms with Gasteiger partial charge in [0.05, 0.1) is 0 Å². The summed E-state index contributed by atoms with van der Waals surface area (Å²) >= 11 is 1.36. The molecule has 0 heterocycles. The Morgan fingerprint density at radius 2 is 0.857 bits per heavy atom. The third-order valence-corrected chi connectivity index (χ3v) is 4.93. The summed E-state index contributed by atoms with van der Waals surface area (Å²) in [6.07, 6.45) is 0. The zero-order valence-corrected chi connectivity index (χ0v) is 22.1. The molecule has 2 radical (unpaired) electrons. The van der Waals surface area contributed by atoms with Gasteiger partial charge in [0.15, 0.2) is 0 Å². The SMILES string of the molecule is Cc1cc2c(C)ccc(C)c2[cH-]1.Cc1cc2c(C)ccc(C)c2[cH-]1.[CH3-].[CH3-].[Si]=[Zr]. The van der Waals surface area contributed by atoms with Crippen LogP contribution in [0, 0.1) is 56.4 Å². The van der Waals surface area contributed by atoms with Gasteiger partial charge in [-0.2, -0.15) is 12.1 Å². The Morgan fingerprint density at radius 3 is 1.14 bits per heavy atom.